The molecule has 0 saturated carbocycles. The minimum Gasteiger partial charge on any atom is -0.397 e. The van der Waals surface area contributed by atoms with Gasteiger partial charge in [0.2, 0.25) is 10.0 Å². The van der Waals surface area contributed by atoms with Gasteiger partial charge >= 0.3 is 0 Å². The number of anilines is 2. The number of nitrogen functional groups attached to an aromatic ring is 1. The second kappa shape index (κ2) is 5.74. The molecule has 0 spiro atoms. The molecule has 1 aromatic heterocycles. The Bertz CT molecular complexity index is 737. The molecule has 1 aromatic carbocycles. The van der Waals surface area contributed by atoms with Crippen molar-refractivity contribution in [1.29, 1.82) is 0 Å². The van der Waals surface area contributed by atoms with Gasteiger partial charge in [-0.05, 0) is 18.2 Å². The zero-order valence-electron chi connectivity index (χ0n) is 12.2. The fraction of sp³-hybridized carbons (Fsp3) is 0.308. The molecule has 0 aliphatic heterocycles. The van der Waals surface area contributed by atoms with E-state index in [4.69, 9.17) is 5.73 Å². The third-order valence-electron chi connectivity index (χ3n) is 3.16. The quantitative estimate of drug-likeness (QED) is 0.799. The van der Waals surface area contributed by atoms with Crippen molar-refractivity contribution >= 4 is 21.4 Å². The van der Waals surface area contributed by atoms with Gasteiger partial charge < -0.3 is 15.6 Å². The van der Waals surface area contributed by atoms with E-state index in [1.165, 1.54) is 30.5 Å². The molecule has 1 heterocycles. The summed E-state index contributed by atoms with van der Waals surface area (Å²) in [5.74, 6) is 0.829. The van der Waals surface area contributed by atoms with Gasteiger partial charge in [0.25, 0.3) is 0 Å². The van der Waals surface area contributed by atoms with Crippen LogP contribution < -0.4 is 11.1 Å². The van der Waals surface area contributed by atoms with Gasteiger partial charge in [-0.1, -0.05) is 0 Å². The van der Waals surface area contributed by atoms with Crippen LogP contribution in [0.15, 0.2) is 35.5 Å². The van der Waals surface area contributed by atoms with Crippen molar-refractivity contribution < 1.29 is 8.42 Å². The molecule has 0 aliphatic carbocycles. The summed E-state index contributed by atoms with van der Waals surface area (Å²) in [6, 6.07) is 4.61. The Morgan fingerprint density at radius 3 is 2.67 bits per heavy atom. The summed E-state index contributed by atoms with van der Waals surface area (Å²) in [6.45, 7) is 0.458. The summed E-state index contributed by atoms with van der Waals surface area (Å²) in [7, 11) is 1.40. The van der Waals surface area contributed by atoms with Crippen molar-refractivity contribution in [2.45, 2.75) is 11.4 Å². The topological polar surface area (TPSA) is 93.2 Å². The molecule has 21 heavy (non-hydrogen) atoms. The molecule has 0 aliphatic rings. The van der Waals surface area contributed by atoms with E-state index < -0.39 is 10.0 Å². The van der Waals surface area contributed by atoms with E-state index >= 15 is 0 Å². The zero-order valence-corrected chi connectivity index (χ0v) is 13.1. The van der Waals surface area contributed by atoms with Gasteiger partial charge in [0.1, 0.15) is 5.82 Å². The molecule has 8 heteroatoms. The Morgan fingerprint density at radius 1 is 1.38 bits per heavy atom. The molecule has 3 N–H and O–H groups in total. The first-order valence-electron chi connectivity index (χ1n) is 6.34. The summed E-state index contributed by atoms with van der Waals surface area (Å²) in [5.41, 5.74) is 6.95. The number of aryl methyl sites for hydroxylation is 1. The molecular weight excluding hydrogens is 290 g/mol. The third-order valence-corrected chi connectivity index (χ3v) is 4.97. The van der Waals surface area contributed by atoms with Crippen LogP contribution in [0.4, 0.5) is 11.4 Å². The summed E-state index contributed by atoms with van der Waals surface area (Å²) in [5, 5.41) is 3.12. The number of nitrogens with zero attached hydrogens (tertiary/aromatic N) is 3. The lowest BCUT2D eigenvalue weighted by Gasteiger charge is -2.14. The lowest BCUT2D eigenvalue weighted by atomic mass is 10.2. The number of hydrogen-bond acceptors (Lipinski definition) is 5. The van der Waals surface area contributed by atoms with E-state index in [1.54, 1.807) is 12.3 Å². The number of imidazole rings is 1. The number of rotatable bonds is 5. The lowest BCUT2D eigenvalue weighted by Crippen LogP contribution is -2.22. The van der Waals surface area contributed by atoms with Gasteiger partial charge in [-0.2, -0.15) is 0 Å². The normalized spacial score (nSPS) is 11.8. The number of benzene rings is 1. The minimum atomic E-state index is -3.48. The Labute approximate surface area is 124 Å². The smallest absolute Gasteiger partial charge is 0.242 e. The van der Waals surface area contributed by atoms with E-state index in [-0.39, 0.29) is 4.90 Å². The predicted octanol–water partition coefficient (Wildman–Crippen LogP) is 0.865. The maximum absolute atomic E-state index is 12.1. The van der Waals surface area contributed by atoms with Gasteiger partial charge in [0.05, 0.1) is 22.8 Å². The Kier molecular flexibility index (Phi) is 4.19. The highest BCUT2D eigenvalue weighted by molar-refractivity contribution is 7.89. The fourth-order valence-electron chi connectivity index (χ4n) is 1.80. The highest BCUT2D eigenvalue weighted by Gasteiger charge is 2.18. The van der Waals surface area contributed by atoms with Crippen molar-refractivity contribution in [3.63, 3.8) is 0 Å². The van der Waals surface area contributed by atoms with Gasteiger partial charge in [-0.15, -0.1) is 0 Å². The SMILES string of the molecule is CN(C)S(=O)(=O)c1ccc(N)c(NCc2nccn2C)c1. The predicted molar refractivity (Wildman–Crippen MR) is 82.3 cm³/mol. The molecule has 7 nitrogen and oxygen atoms in total. The Morgan fingerprint density at radius 2 is 2.10 bits per heavy atom. The molecule has 0 radical (unpaired) electrons. The van der Waals surface area contributed by atoms with Crippen LogP contribution in [0.5, 0.6) is 0 Å². The second-order valence-corrected chi connectivity index (χ2v) is 7.00. The molecule has 2 rings (SSSR count). The molecule has 0 saturated heterocycles. The maximum Gasteiger partial charge on any atom is 0.242 e. The van der Waals surface area contributed by atoms with E-state index in [0.717, 1.165) is 5.82 Å². The van der Waals surface area contributed by atoms with Crippen LogP contribution in [0.1, 0.15) is 5.82 Å². The van der Waals surface area contributed by atoms with Crippen molar-refractivity contribution in [2.75, 3.05) is 25.1 Å². The van der Waals surface area contributed by atoms with Crippen molar-refractivity contribution in [3.8, 4) is 0 Å². The Hall–Kier alpha value is -2.06. The summed E-state index contributed by atoms with van der Waals surface area (Å²) in [4.78, 5) is 4.39. The fourth-order valence-corrected chi connectivity index (χ4v) is 2.73. The summed E-state index contributed by atoms with van der Waals surface area (Å²) < 4.78 is 27.3. The van der Waals surface area contributed by atoms with Crippen LogP contribution in [0.25, 0.3) is 0 Å². The average molecular weight is 309 g/mol. The number of sulfonamides is 1. The number of hydrogen-bond donors (Lipinski definition) is 2. The van der Waals surface area contributed by atoms with Crippen molar-refractivity contribution in [3.05, 3.63) is 36.4 Å². The summed E-state index contributed by atoms with van der Waals surface area (Å²) in [6.07, 6.45) is 3.54. The van der Waals surface area contributed by atoms with Crippen LogP contribution in [0.3, 0.4) is 0 Å². The van der Waals surface area contributed by atoms with Gasteiger partial charge in [0, 0.05) is 33.5 Å². The molecule has 0 fully saturated rings. The number of nitrogens with one attached hydrogen (secondary N) is 1. The van der Waals surface area contributed by atoms with Crippen molar-refractivity contribution in [1.82, 2.24) is 13.9 Å². The molecule has 0 amide bonds. The third kappa shape index (κ3) is 3.17. The molecule has 0 atom stereocenters. The van der Waals surface area contributed by atoms with Crippen LogP contribution >= 0.6 is 0 Å². The largest absolute Gasteiger partial charge is 0.397 e. The molecule has 2 aromatic rings. The molecule has 0 unspecified atom stereocenters. The maximum atomic E-state index is 12.1. The first-order valence-corrected chi connectivity index (χ1v) is 7.78. The second-order valence-electron chi connectivity index (χ2n) is 4.84. The highest BCUT2D eigenvalue weighted by atomic mass is 32.2. The number of nitrogens with two attached hydrogens (primary N) is 1. The van der Waals surface area contributed by atoms with Gasteiger partial charge in [-0.25, -0.2) is 17.7 Å². The average Bonchev–Trinajstić information content (AvgIpc) is 2.83. The number of aromatic nitrogens is 2. The van der Waals surface area contributed by atoms with E-state index in [9.17, 15) is 8.42 Å². The first-order chi connectivity index (χ1) is 9.82. The highest BCUT2D eigenvalue weighted by Crippen LogP contribution is 2.24. The molecular formula is C13H19N5O2S. The van der Waals surface area contributed by atoms with Crippen LogP contribution in [-0.4, -0.2) is 36.4 Å². The van der Waals surface area contributed by atoms with Crippen LogP contribution in [-0.2, 0) is 23.6 Å². The van der Waals surface area contributed by atoms with Crippen LogP contribution in [0, 0.1) is 0 Å². The monoisotopic (exact) mass is 309 g/mol. The Balaban J connectivity index is 2.26. The van der Waals surface area contributed by atoms with E-state index in [1.807, 2.05) is 17.8 Å². The van der Waals surface area contributed by atoms with Crippen LogP contribution in [0.2, 0.25) is 0 Å². The first kappa shape index (κ1) is 15.3. The van der Waals surface area contributed by atoms with Gasteiger partial charge in [-0.3, -0.25) is 0 Å². The zero-order chi connectivity index (χ0) is 15.6. The van der Waals surface area contributed by atoms with E-state index in [2.05, 4.69) is 10.3 Å². The minimum absolute atomic E-state index is 0.198. The van der Waals surface area contributed by atoms with Gasteiger partial charge in [0.15, 0.2) is 0 Å². The molecule has 0 bridgehead atoms. The van der Waals surface area contributed by atoms with E-state index in [0.29, 0.717) is 17.9 Å². The molecule has 114 valence electrons. The summed E-state index contributed by atoms with van der Waals surface area (Å²) >= 11 is 0. The van der Waals surface area contributed by atoms with Crippen molar-refractivity contribution in [2.24, 2.45) is 7.05 Å². The lowest BCUT2D eigenvalue weighted by molar-refractivity contribution is 0.521. The standard InChI is InChI=1S/C13H19N5O2S/c1-17(2)21(19,20)10-4-5-11(14)12(8-10)16-9-13-15-6-7-18(13)3/h4-8,16H,9,14H2,1-3H3.